The molecule has 0 radical (unpaired) electrons. The third-order valence-electron chi connectivity index (χ3n) is 3.76. The van der Waals surface area contributed by atoms with Gasteiger partial charge in [0.1, 0.15) is 5.75 Å². The molecule has 0 bridgehead atoms. The van der Waals surface area contributed by atoms with Gasteiger partial charge in [-0.15, -0.1) is 0 Å². The molecule has 1 saturated heterocycles. The van der Waals surface area contributed by atoms with Gasteiger partial charge in [-0.1, -0.05) is 26.0 Å². The van der Waals surface area contributed by atoms with Crippen LogP contribution in [0.2, 0.25) is 0 Å². The summed E-state index contributed by atoms with van der Waals surface area (Å²) in [6.45, 7) is 6.53. The van der Waals surface area contributed by atoms with Gasteiger partial charge in [0.15, 0.2) is 0 Å². The number of carbonyl (C=O) groups excluding carboxylic acids is 1. The maximum atomic E-state index is 12.3. The second kappa shape index (κ2) is 6.75. The number of benzene rings is 1. The van der Waals surface area contributed by atoms with Crippen molar-refractivity contribution in [1.82, 2.24) is 10.6 Å². The highest BCUT2D eigenvalue weighted by molar-refractivity contribution is 5.80. The Hall–Kier alpha value is -1.55. The number of nitrogens with one attached hydrogen (secondary N) is 2. The van der Waals surface area contributed by atoms with Gasteiger partial charge in [-0.05, 0) is 23.6 Å². The van der Waals surface area contributed by atoms with Crippen LogP contribution in [-0.2, 0) is 4.79 Å². The zero-order valence-electron chi connectivity index (χ0n) is 12.5. The van der Waals surface area contributed by atoms with E-state index in [0.29, 0.717) is 5.92 Å². The monoisotopic (exact) mass is 276 g/mol. The van der Waals surface area contributed by atoms with Crippen LogP contribution in [0, 0.1) is 11.8 Å². The van der Waals surface area contributed by atoms with Crippen LogP contribution in [-0.4, -0.2) is 32.7 Å². The van der Waals surface area contributed by atoms with Crippen molar-refractivity contribution in [3.8, 4) is 5.75 Å². The lowest BCUT2D eigenvalue weighted by Crippen LogP contribution is -2.36. The summed E-state index contributed by atoms with van der Waals surface area (Å²) in [5.74, 6) is 1.69. The van der Waals surface area contributed by atoms with Gasteiger partial charge >= 0.3 is 0 Å². The van der Waals surface area contributed by atoms with Gasteiger partial charge in [0.05, 0.1) is 13.0 Å². The first kappa shape index (κ1) is 14.9. The zero-order chi connectivity index (χ0) is 14.5. The van der Waals surface area contributed by atoms with Crippen molar-refractivity contribution in [3.63, 3.8) is 0 Å². The van der Waals surface area contributed by atoms with E-state index in [0.717, 1.165) is 25.4 Å². The van der Waals surface area contributed by atoms with Crippen molar-refractivity contribution in [2.24, 2.45) is 11.8 Å². The molecule has 1 fully saturated rings. The fourth-order valence-corrected chi connectivity index (χ4v) is 2.61. The Morgan fingerprint density at radius 2 is 2.25 bits per heavy atom. The molecule has 1 heterocycles. The van der Waals surface area contributed by atoms with E-state index in [1.54, 1.807) is 7.11 Å². The molecule has 4 heteroatoms. The molecule has 2 rings (SSSR count). The minimum atomic E-state index is 0.000793. The number of hydrogen-bond acceptors (Lipinski definition) is 3. The highest BCUT2D eigenvalue weighted by atomic mass is 16.5. The van der Waals surface area contributed by atoms with E-state index in [4.69, 9.17) is 4.74 Å². The number of hydrogen-bond donors (Lipinski definition) is 2. The topological polar surface area (TPSA) is 50.4 Å². The van der Waals surface area contributed by atoms with Gasteiger partial charge < -0.3 is 15.4 Å². The summed E-state index contributed by atoms with van der Waals surface area (Å²) >= 11 is 0. The summed E-state index contributed by atoms with van der Waals surface area (Å²) in [7, 11) is 1.67. The van der Waals surface area contributed by atoms with Crippen LogP contribution in [0.25, 0.3) is 0 Å². The molecule has 0 saturated carbocycles. The molecule has 2 atom stereocenters. The smallest absolute Gasteiger partial charge is 0.225 e. The SMILES string of the molecule is COc1cccc(C2CNCC2C(=O)NCC(C)C)c1. The van der Waals surface area contributed by atoms with Crippen LogP contribution in [0.4, 0.5) is 0 Å². The maximum absolute atomic E-state index is 12.3. The van der Waals surface area contributed by atoms with Crippen LogP contribution in [0.3, 0.4) is 0 Å². The first-order chi connectivity index (χ1) is 9.61. The average molecular weight is 276 g/mol. The first-order valence-electron chi connectivity index (χ1n) is 7.24. The fraction of sp³-hybridized carbons (Fsp3) is 0.562. The van der Waals surface area contributed by atoms with Crippen molar-refractivity contribution in [1.29, 1.82) is 0 Å². The number of amides is 1. The molecular weight excluding hydrogens is 252 g/mol. The van der Waals surface area contributed by atoms with Crippen molar-refractivity contribution >= 4 is 5.91 Å². The summed E-state index contributed by atoms with van der Waals surface area (Å²) in [6, 6.07) is 8.01. The minimum absolute atomic E-state index is 0.000793. The molecule has 1 aromatic carbocycles. The van der Waals surface area contributed by atoms with Crippen molar-refractivity contribution < 1.29 is 9.53 Å². The lowest BCUT2D eigenvalue weighted by molar-refractivity contribution is -0.124. The van der Waals surface area contributed by atoms with Gasteiger partial charge in [0.2, 0.25) is 5.91 Å². The Morgan fingerprint density at radius 3 is 2.95 bits per heavy atom. The van der Waals surface area contributed by atoms with Crippen LogP contribution >= 0.6 is 0 Å². The normalized spacial score (nSPS) is 22.0. The number of methoxy groups -OCH3 is 1. The molecule has 2 unspecified atom stereocenters. The second-order valence-corrected chi connectivity index (χ2v) is 5.79. The highest BCUT2D eigenvalue weighted by Gasteiger charge is 2.33. The molecule has 0 spiro atoms. The zero-order valence-corrected chi connectivity index (χ0v) is 12.5. The van der Waals surface area contributed by atoms with Crippen molar-refractivity contribution in [3.05, 3.63) is 29.8 Å². The largest absolute Gasteiger partial charge is 0.497 e. The minimum Gasteiger partial charge on any atom is -0.497 e. The van der Waals surface area contributed by atoms with Gasteiger partial charge in [-0.3, -0.25) is 4.79 Å². The van der Waals surface area contributed by atoms with E-state index in [2.05, 4.69) is 30.5 Å². The summed E-state index contributed by atoms with van der Waals surface area (Å²) < 4.78 is 5.27. The summed E-state index contributed by atoms with van der Waals surface area (Å²) in [4.78, 5) is 12.3. The summed E-state index contributed by atoms with van der Waals surface area (Å²) in [5.41, 5.74) is 1.17. The van der Waals surface area contributed by atoms with Crippen LogP contribution in [0.5, 0.6) is 5.75 Å². The van der Waals surface area contributed by atoms with Crippen molar-refractivity contribution in [2.45, 2.75) is 19.8 Å². The lowest BCUT2D eigenvalue weighted by atomic mass is 9.88. The Bertz CT molecular complexity index is 460. The molecule has 1 aliphatic heterocycles. The first-order valence-corrected chi connectivity index (χ1v) is 7.24. The van der Waals surface area contributed by atoms with Crippen molar-refractivity contribution in [2.75, 3.05) is 26.7 Å². The quantitative estimate of drug-likeness (QED) is 0.862. The molecule has 20 heavy (non-hydrogen) atoms. The standard InChI is InChI=1S/C16H24N2O2/c1-11(2)8-18-16(19)15-10-17-9-14(15)12-5-4-6-13(7-12)20-3/h4-7,11,14-15,17H,8-10H2,1-3H3,(H,18,19). The van der Waals surface area contributed by atoms with Gasteiger partial charge in [-0.2, -0.15) is 0 Å². The van der Waals surface area contributed by atoms with E-state index in [1.807, 2.05) is 18.2 Å². The lowest BCUT2D eigenvalue weighted by Gasteiger charge is -2.19. The number of carbonyl (C=O) groups is 1. The molecule has 1 aromatic rings. The maximum Gasteiger partial charge on any atom is 0.225 e. The number of ether oxygens (including phenoxy) is 1. The van der Waals surface area contributed by atoms with E-state index in [-0.39, 0.29) is 17.7 Å². The molecule has 0 aliphatic carbocycles. The summed E-state index contributed by atoms with van der Waals surface area (Å²) in [6.07, 6.45) is 0. The Balaban J connectivity index is 2.08. The second-order valence-electron chi connectivity index (χ2n) is 5.79. The van der Waals surface area contributed by atoms with Crippen LogP contribution < -0.4 is 15.4 Å². The molecule has 2 N–H and O–H groups in total. The Labute approximate surface area is 120 Å². The average Bonchev–Trinajstić information content (AvgIpc) is 2.94. The predicted molar refractivity (Wildman–Crippen MR) is 79.9 cm³/mol. The fourth-order valence-electron chi connectivity index (χ4n) is 2.61. The molecule has 1 aliphatic rings. The predicted octanol–water partition coefficient (Wildman–Crippen LogP) is 1.77. The third-order valence-corrected chi connectivity index (χ3v) is 3.76. The third kappa shape index (κ3) is 3.51. The highest BCUT2D eigenvalue weighted by Crippen LogP contribution is 2.30. The van der Waals surface area contributed by atoms with Gasteiger partial charge in [0.25, 0.3) is 0 Å². The Kier molecular flexibility index (Phi) is 5.01. The Morgan fingerprint density at radius 1 is 1.45 bits per heavy atom. The molecule has 0 aromatic heterocycles. The van der Waals surface area contributed by atoms with Gasteiger partial charge in [-0.25, -0.2) is 0 Å². The van der Waals surface area contributed by atoms with Crippen LogP contribution in [0.1, 0.15) is 25.3 Å². The molecule has 4 nitrogen and oxygen atoms in total. The summed E-state index contributed by atoms with van der Waals surface area (Å²) in [5, 5.41) is 6.37. The molecule has 1 amide bonds. The van der Waals surface area contributed by atoms with E-state index in [1.165, 1.54) is 5.56 Å². The van der Waals surface area contributed by atoms with Gasteiger partial charge in [0, 0.05) is 25.6 Å². The molecular formula is C16H24N2O2. The molecule has 110 valence electrons. The van der Waals surface area contributed by atoms with Crippen LogP contribution in [0.15, 0.2) is 24.3 Å². The number of rotatable bonds is 5. The van der Waals surface area contributed by atoms with E-state index < -0.39 is 0 Å². The van der Waals surface area contributed by atoms with E-state index in [9.17, 15) is 4.79 Å². The van der Waals surface area contributed by atoms with E-state index >= 15 is 0 Å².